The first-order chi connectivity index (χ1) is 10.0. The first-order valence-corrected chi connectivity index (χ1v) is 6.30. The number of amides is 1. The third kappa shape index (κ3) is 3.33. The molecule has 0 saturated carbocycles. The van der Waals surface area contributed by atoms with Gasteiger partial charge in [0.25, 0.3) is 5.91 Å². The third-order valence-electron chi connectivity index (χ3n) is 2.99. The molecular formula is C13H15F2N5O. The third-order valence-corrected chi connectivity index (χ3v) is 2.99. The minimum atomic E-state index is -0.809. The summed E-state index contributed by atoms with van der Waals surface area (Å²) in [6.07, 6.45) is 2.03. The second-order valence-electron chi connectivity index (χ2n) is 4.43. The monoisotopic (exact) mass is 295 g/mol. The molecule has 0 aliphatic rings. The molecule has 2 N–H and O–H groups in total. The van der Waals surface area contributed by atoms with E-state index in [1.54, 1.807) is 17.9 Å². The Labute approximate surface area is 120 Å². The number of carbonyl (C=O) groups excluding carboxylic acids is 1. The van der Waals surface area contributed by atoms with E-state index in [-0.39, 0.29) is 11.3 Å². The van der Waals surface area contributed by atoms with Crippen molar-refractivity contribution in [3.05, 3.63) is 41.5 Å². The van der Waals surface area contributed by atoms with Crippen LogP contribution in [0.1, 0.15) is 16.2 Å². The van der Waals surface area contributed by atoms with Gasteiger partial charge in [-0.05, 0) is 12.1 Å². The summed E-state index contributed by atoms with van der Waals surface area (Å²) in [5.41, 5.74) is -0.326. The minimum absolute atomic E-state index is 0.0676. The fourth-order valence-corrected chi connectivity index (χ4v) is 1.87. The van der Waals surface area contributed by atoms with Gasteiger partial charge >= 0.3 is 0 Å². The Balaban J connectivity index is 1.99. The van der Waals surface area contributed by atoms with Gasteiger partial charge in [-0.25, -0.2) is 8.78 Å². The number of rotatable bonds is 5. The number of nitrogens with zero attached hydrogens (tertiary/aromatic N) is 3. The smallest absolute Gasteiger partial charge is 0.251 e. The summed E-state index contributed by atoms with van der Waals surface area (Å²) in [5, 5.41) is 12.6. The quantitative estimate of drug-likeness (QED) is 0.866. The molecule has 0 spiro atoms. The van der Waals surface area contributed by atoms with Gasteiger partial charge in [0.1, 0.15) is 29.5 Å². The molecule has 0 fully saturated rings. The second-order valence-corrected chi connectivity index (χ2v) is 4.43. The van der Waals surface area contributed by atoms with Crippen molar-refractivity contribution >= 4 is 11.6 Å². The van der Waals surface area contributed by atoms with Crippen LogP contribution in [0.3, 0.4) is 0 Å². The van der Waals surface area contributed by atoms with Crippen LogP contribution in [0, 0.1) is 11.6 Å². The van der Waals surface area contributed by atoms with Gasteiger partial charge in [-0.2, -0.15) is 0 Å². The lowest BCUT2D eigenvalue weighted by Gasteiger charge is -2.08. The highest BCUT2D eigenvalue weighted by molar-refractivity contribution is 5.94. The molecule has 1 aromatic heterocycles. The highest BCUT2D eigenvalue weighted by atomic mass is 19.1. The van der Waals surface area contributed by atoms with Crippen molar-refractivity contribution in [1.82, 2.24) is 20.1 Å². The summed E-state index contributed by atoms with van der Waals surface area (Å²) in [7, 11) is 3.19. The van der Waals surface area contributed by atoms with Crippen molar-refractivity contribution in [1.29, 1.82) is 0 Å². The molecule has 8 heteroatoms. The molecule has 0 atom stereocenters. The average molecular weight is 295 g/mol. The zero-order valence-electron chi connectivity index (χ0n) is 11.7. The number of aromatic nitrogens is 3. The lowest BCUT2D eigenvalue weighted by atomic mass is 10.1. The summed E-state index contributed by atoms with van der Waals surface area (Å²) in [6, 6.07) is 1.99. The first kappa shape index (κ1) is 14.9. The van der Waals surface area contributed by atoms with Gasteiger partial charge in [-0.1, -0.05) is 0 Å². The molecule has 0 unspecified atom stereocenters. The van der Waals surface area contributed by atoms with E-state index in [1.807, 2.05) is 0 Å². The molecule has 1 amide bonds. The molecular weight excluding hydrogens is 280 g/mol. The molecule has 6 nitrogen and oxygen atoms in total. The van der Waals surface area contributed by atoms with Crippen LogP contribution in [0.25, 0.3) is 0 Å². The number of halogens is 2. The van der Waals surface area contributed by atoms with Crippen molar-refractivity contribution in [2.75, 3.05) is 18.9 Å². The predicted octanol–water partition coefficient (Wildman–Crippen LogP) is 1.11. The second kappa shape index (κ2) is 6.29. The summed E-state index contributed by atoms with van der Waals surface area (Å²) >= 11 is 0. The molecule has 2 aromatic rings. The zero-order chi connectivity index (χ0) is 15.4. The predicted molar refractivity (Wildman–Crippen MR) is 72.9 cm³/mol. The van der Waals surface area contributed by atoms with E-state index in [0.717, 1.165) is 12.1 Å². The van der Waals surface area contributed by atoms with E-state index in [9.17, 15) is 13.6 Å². The highest BCUT2D eigenvalue weighted by Gasteiger charge is 2.14. The van der Waals surface area contributed by atoms with E-state index in [1.165, 1.54) is 7.05 Å². The Kier molecular flexibility index (Phi) is 4.46. The number of benzene rings is 1. The number of carbonyl (C=O) groups is 1. The number of nitrogens with one attached hydrogen (secondary N) is 2. The van der Waals surface area contributed by atoms with Gasteiger partial charge in [0.2, 0.25) is 0 Å². The van der Waals surface area contributed by atoms with Gasteiger partial charge < -0.3 is 15.2 Å². The van der Waals surface area contributed by atoms with Crippen molar-refractivity contribution in [2.24, 2.45) is 7.05 Å². The van der Waals surface area contributed by atoms with E-state index < -0.39 is 17.5 Å². The summed E-state index contributed by atoms with van der Waals surface area (Å²) < 4.78 is 28.9. The maximum atomic E-state index is 13.6. The highest BCUT2D eigenvalue weighted by Crippen LogP contribution is 2.20. The standard InChI is InChI=1S/C13H15F2N5O/c1-16-12-9(14)5-8(6-10(12)15)13(21)17-4-3-11-19-18-7-20(11)2/h5-7,16H,3-4H2,1-2H3,(H,17,21). The SMILES string of the molecule is CNc1c(F)cc(C(=O)NCCc2nncn2C)cc1F. The van der Waals surface area contributed by atoms with Crippen LogP contribution in [-0.2, 0) is 13.5 Å². The first-order valence-electron chi connectivity index (χ1n) is 6.30. The Bertz CT molecular complexity index is 633. The lowest BCUT2D eigenvalue weighted by molar-refractivity contribution is 0.0953. The van der Waals surface area contributed by atoms with Crippen LogP contribution < -0.4 is 10.6 Å². The molecule has 0 aliphatic carbocycles. The molecule has 0 bridgehead atoms. The molecule has 112 valence electrons. The largest absolute Gasteiger partial charge is 0.383 e. The molecule has 1 aromatic carbocycles. The van der Waals surface area contributed by atoms with Gasteiger partial charge in [0.05, 0.1) is 0 Å². The Hall–Kier alpha value is -2.51. The number of aryl methyl sites for hydroxylation is 1. The van der Waals surface area contributed by atoms with Crippen molar-refractivity contribution in [3.63, 3.8) is 0 Å². The Morgan fingerprint density at radius 2 is 2.00 bits per heavy atom. The van der Waals surface area contributed by atoms with Crippen LogP contribution in [-0.4, -0.2) is 34.3 Å². The fraction of sp³-hybridized carbons (Fsp3) is 0.308. The van der Waals surface area contributed by atoms with Gasteiger partial charge in [-0.15, -0.1) is 10.2 Å². The molecule has 0 aliphatic heterocycles. The van der Waals surface area contributed by atoms with Crippen LogP contribution in [0.4, 0.5) is 14.5 Å². The Morgan fingerprint density at radius 1 is 1.33 bits per heavy atom. The maximum absolute atomic E-state index is 13.6. The van der Waals surface area contributed by atoms with Crippen molar-refractivity contribution in [3.8, 4) is 0 Å². The topological polar surface area (TPSA) is 71.8 Å². The summed E-state index contributed by atoms with van der Waals surface area (Å²) in [5.74, 6) is -1.46. The molecule has 0 saturated heterocycles. The van der Waals surface area contributed by atoms with E-state index in [4.69, 9.17) is 0 Å². The van der Waals surface area contributed by atoms with E-state index in [0.29, 0.717) is 18.8 Å². The van der Waals surface area contributed by atoms with Crippen molar-refractivity contribution in [2.45, 2.75) is 6.42 Å². The minimum Gasteiger partial charge on any atom is -0.383 e. The fourth-order valence-electron chi connectivity index (χ4n) is 1.87. The summed E-state index contributed by atoms with van der Waals surface area (Å²) in [6.45, 7) is 0.294. The van der Waals surface area contributed by atoms with Crippen LogP contribution in [0.5, 0.6) is 0 Å². The zero-order valence-corrected chi connectivity index (χ0v) is 11.7. The molecule has 21 heavy (non-hydrogen) atoms. The van der Waals surface area contributed by atoms with Crippen molar-refractivity contribution < 1.29 is 13.6 Å². The normalized spacial score (nSPS) is 10.5. The molecule has 0 radical (unpaired) electrons. The average Bonchev–Trinajstić information content (AvgIpc) is 2.84. The number of hydrogen-bond acceptors (Lipinski definition) is 4. The summed E-state index contributed by atoms with van der Waals surface area (Å²) in [4.78, 5) is 11.9. The van der Waals surface area contributed by atoms with Gasteiger partial charge in [-0.3, -0.25) is 4.79 Å². The number of anilines is 1. The van der Waals surface area contributed by atoms with E-state index in [2.05, 4.69) is 20.8 Å². The van der Waals surface area contributed by atoms with Crippen LogP contribution in [0.2, 0.25) is 0 Å². The molecule has 1 heterocycles. The van der Waals surface area contributed by atoms with Crippen LogP contribution in [0.15, 0.2) is 18.5 Å². The molecule has 2 rings (SSSR count). The number of hydrogen-bond donors (Lipinski definition) is 2. The van der Waals surface area contributed by atoms with Gasteiger partial charge in [0.15, 0.2) is 0 Å². The van der Waals surface area contributed by atoms with Crippen LogP contribution >= 0.6 is 0 Å². The Morgan fingerprint density at radius 3 is 2.52 bits per heavy atom. The lowest BCUT2D eigenvalue weighted by Crippen LogP contribution is -2.26. The maximum Gasteiger partial charge on any atom is 0.251 e. The van der Waals surface area contributed by atoms with Gasteiger partial charge in [0, 0.05) is 32.6 Å². The van der Waals surface area contributed by atoms with E-state index >= 15 is 0 Å².